The first kappa shape index (κ1) is 20.7. The van der Waals surface area contributed by atoms with Gasteiger partial charge in [0, 0.05) is 11.1 Å². The molecule has 0 fully saturated rings. The van der Waals surface area contributed by atoms with Crippen molar-refractivity contribution in [1.82, 2.24) is 0 Å². The molecule has 0 radical (unpaired) electrons. The van der Waals surface area contributed by atoms with Crippen molar-refractivity contribution in [3.05, 3.63) is 106 Å². The van der Waals surface area contributed by atoms with Crippen molar-refractivity contribution in [1.29, 1.82) is 0 Å². The van der Waals surface area contributed by atoms with E-state index in [9.17, 15) is 19.2 Å². The Hall–Kier alpha value is -4.06. The standard InChI is InChI=1S/C24H18O6/c25-13-17-5-9-21(10-6-17)23(27)29-15-19-1-2-20(4-3-19)16-30-24(28)22-11-7-18(14-26)8-12-22/h1-14H,15-16H2. The number of esters is 2. The van der Waals surface area contributed by atoms with Gasteiger partial charge in [0.2, 0.25) is 0 Å². The average molecular weight is 402 g/mol. The Kier molecular flexibility index (Phi) is 6.84. The van der Waals surface area contributed by atoms with E-state index in [1.54, 1.807) is 48.5 Å². The highest BCUT2D eigenvalue weighted by molar-refractivity contribution is 5.91. The van der Waals surface area contributed by atoms with Crippen molar-refractivity contribution in [2.24, 2.45) is 0 Å². The molecule has 3 aromatic rings. The van der Waals surface area contributed by atoms with Crippen molar-refractivity contribution < 1.29 is 28.7 Å². The van der Waals surface area contributed by atoms with Crippen LogP contribution < -0.4 is 0 Å². The Labute approximate surface area is 173 Å². The van der Waals surface area contributed by atoms with Crippen LogP contribution in [0.3, 0.4) is 0 Å². The first-order valence-electron chi connectivity index (χ1n) is 9.11. The molecule has 0 atom stereocenters. The maximum absolute atomic E-state index is 12.0. The zero-order chi connectivity index (χ0) is 21.3. The van der Waals surface area contributed by atoms with Crippen molar-refractivity contribution in [2.75, 3.05) is 0 Å². The first-order chi connectivity index (χ1) is 14.6. The van der Waals surface area contributed by atoms with E-state index in [4.69, 9.17) is 9.47 Å². The van der Waals surface area contributed by atoms with Crippen LogP contribution >= 0.6 is 0 Å². The van der Waals surface area contributed by atoms with E-state index in [1.165, 1.54) is 24.3 Å². The Morgan fingerprint density at radius 1 is 0.567 bits per heavy atom. The molecule has 3 aromatic carbocycles. The molecule has 30 heavy (non-hydrogen) atoms. The van der Waals surface area contributed by atoms with Crippen LogP contribution in [0, 0.1) is 0 Å². The van der Waals surface area contributed by atoms with Crippen LogP contribution in [0.25, 0.3) is 0 Å². The summed E-state index contributed by atoms with van der Waals surface area (Å²) in [5.41, 5.74) is 3.28. The second-order valence-corrected chi connectivity index (χ2v) is 6.45. The highest BCUT2D eigenvalue weighted by Gasteiger charge is 2.09. The van der Waals surface area contributed by atoms with Gasteiger partial charge in [0.15, 0.2) is 0 Å². The van der Waals surface area contributed by atoms with Gasteiger partial charge < -0.3 is 9.47 Å². The van der Waals surface area contributed by atoms with Gasteiger partial charge in [-0.05, 0) is 35.4 Å². The number of carbonyl (C=O) groups is 4. The Bertz CT molecular complexity index is 948. The number of ether oxygens (including phenoxy) is 2. The van der Waals surface area contributed by atoms with Gasteiger partial charge in [0.1, 0.15) is 25.8 Å². The SMILES string of the molecule is O=Cc1ccc(C(=O)OCc2ccc(COC(=O)c3ccc(C=O)cc3)cc2)cc1. The van der Waals surface area contributed by atoms with E-state index in [-0.39, 0.29) is 13.2 Å². The van der Waals surface area contributed by atoms with Crippen LogP contribution in [-0.4, -0.2) is 24.5 Å². The molecule has 0 aliphatic rings. The summed E-state index contributed by atoms with van der Waals surface area (Å²) in [5, 5.41) is 0. The Morgan fingerprint density at radius 3 is 1.20 bits per heavy atom. The number of hydrogen-bond donors (Lipinski definition) is 0. The minimum absolute atomic E-state index is 0.0947. The van der Waals surface area contributed by atoms with Gasteiger partial charge in [-0.15, -0.1) is 0 Å². The minimum atomic E-state index is -0.481. The smallest absolute Gasteiger partial charge is 0.338 e. The molecule has 3 rings (SSSR count). The molecule has 0 saturated carbocycles. The molecule has 0 unspecified atom stereocenters. The quantitative estimate of drug-likeness (QED) is 0.418. The van der Waals surface area contributed by atoms with Gasteiger partial charge >= 0.3 is 11.9 Å². The lowest BCUT2D eigenvalue weighted by Crippen LogP contribution is -2.06. The molecule has 0 bridgehead atoms. The molecule has 0 spiro atoms. The van der Waals surface area contributed by atoms with Crippen LogP contribution in [0.2, 0.25) is 0 Å². The van der Waals surface area contributed by atoms with Gasteiger partial charge in [-0.3, -0.25) is 9.59 Å². The Balaban J connectivity index is 1.49. The van der Waals surface area contributed by atoms with E-state index in [2.05, 4.69) is 0 Å². The topological polar surface area (TPSA) is 86.7 Å². The monoisotopic (exact) mass is 402 g/mol. The molecule has 0 aliphatic heterocycles. The van der Waals surface area contributed by atoms with E-state index in [1.807, 2.05) is 0 Å². The van der Waals surface area contributed by atoms with Gasteiger partial charge in [0.05, 0.1) is 11.1 Å². The zero-order valence-electron chi connectivity index (χ0n) is 15.9. The van der Waals surface area contributed by atoms with Gasteiger partial charge in [-0.2, -0.15) is 0 Å². The number of aldehydes is 2. The van der Waals surface area contributed by atoms with E-state index in [0.717, 1.165) is 11.1 Å². The molecular formula is C24H18O6. The van der Waals surface area contributed by atoms with Crippen molar-refractivity contribution in [3.8, 4) is 0 Å². The van der Waals surface area contributed by atoms with Crippen molar-refractivity contribution in [2.45, 2.75) is 13.2 Å². The first-order valence-corrected chi connectivity index (χ1v) is 9.11. The van der Waals surface area contributed by atoms with Crippen LogP contribution in [0.4, 0.5) is 0 Å². The summed E-state index contributed by atoms with van der Waals surface area (Å²) < 4.78 is 10.5. The largest absolute Gasteiger partial charge is 0.457 e. The molecule has 6 nitrogen and oxygen atoms in total. The fraction of sp³-hybridized carbons (Fsp3) is 0.0833. The van der Waals surface area contributed by atoms with Crippen LogP contribution in [0.15, 0.2) is 72.8 Å². The summed E-state index contributed by atoms with van der Waals surface area (Å²) in [6.07, 6.45) is 1.41. The third-order valence-electron chi connectivity index (χ3n) is 4.33. The second-order valence-electron chi connectivity index (χ2n) is 6.45. The maximum Gasteiger partial charge on any atom is 0.338 e. The number of hydrogen-bond acceptors (Lipinski definition) is 6. The lowest BCUT2D eigenvalue weighted by molar-refractivity contribution is 0.0460. The molecular weight excluding hydrogens is 384 g/mol. The lowest BCUT2D eigenvalue weighted by Gasteiger charge is -2.08. The number of rotatable bonds is 8. The highest BCUT2D eigenvalue weighted by atomic mass is 16.5. The van der Waals surface area contributed by atoms with Crippen LogP contribution in [0.1, 0.15) is 52.6 Å². The summed E-state index contributed by atoms with van der Waals surface area (Å²) >= 11 is 0. The fourth-order valence-corrected chi connectivity index (χ4v) is 2.59. The summed E-state index contributed by atoms with van der Waals surface area (Å²) in [4.78, 5) is 45.4. The summed E-state index contributed by atoms with van der Waals surface area (Å²) in [7, 11) is 0. The second kappa shape index (κ2) is 9.93. The predicted octanol–water partition coefficient (Wildman–Crippen LogP) is 4.03. The molecule has 0 saturated heterocycles. The van der Waals surface area contributed by atoms with Crippen LogP contribution in [0.5, 0.6) is 0 Å². The molecule has 0 heterocycles. The Morgan fingerprint density at radius 2 is 0.900 bits per heavy atom. The summed E-state index contributed by atoms with van der Waals surface area (Å²) in [6.45, 7) is 0.189. The maximum atomic E-state index is 12.0. The fourth-order valence-electron chi connectivity index (χ4n) is 2.59. The minimum Gasteiger partial charge on any atom is -0.457 e. The number of benzene rings is 3. The number of carbonyl (C=O) groups excluding carboxylic acids is 4. The third kappa shape index (κ3) is 5.48. The van der Waals surface area contributed by atoms with E-state index >= 15 is 0 Å². The molecule has 150 valence electrons. The van der Waals surface area contributed by atoms with Crippen LogP contribution in [-0.2, 0) is 22.7 Å². The summed E-state index contributed by atoms with van der Waals surface area (Å²) in [6, 6.07) is 19.5. The lowest BCUT2D eigenvalue weighted by atomic mass is 10.1. The van der Waals surface area contributed by atoms with Gasteiger partial charge in [-0.1, -0.05) is 48.5 Å². The average Bonchev–Trinajstić information content (AvgIpc) is 2.81. The van der Waals surface area contributed by atoms with Gasteiger partial charge in [0.25, 0.3) is 0 Å². The van der Waals surface area contributed by atoms with Gasteiger partial charge in [-0.25, -0.2) is 9.59 Å². The van der Waals surface area contributed by atoms with E-state index < -0.39 is 11.9 Å². The summed E-state index contributed by atoms with van der Waals surface area (Å²) in [5.74, 6) is -0.961. The molecule has 6 heteroatoms. The van der Waals surface area contributed by atoms with Crippen molar-refractivity contribution >= 4 is 24.5 Å². The van der Waals surface area contributed by atoms with E-state index in [0.29, 0.717) is 34.8 Å². The van der Waals surface area contributed by atoms with Crippen molar-refractivity contribution in [3.63, 3.8) is 0 Å². The normalized spacial score (nSPS) is 10.1. The third-order valence-corrected chi connectivity index (χ3v) is 4.33. The molecule has 0 N–H and O–H groups in total. The molecule has 0 amide bonds. The zero-order valence-corrected chi connectivity index (χ0v) is 15.9. The predicted molar refractivity (Wildman–Crippen MR) is 108 cm³/mol. The molecule has 0 aromatic heterocycles. The molecule has 0 aliphatic carbocycles. The highest BCUT2D eigenvalue weighted by Crippen LogP contribution is 2.11.